The Morgan fingerprint density at radius 2 is 0.886 bits per heavy atom. The van der Waals surface area contributed by atoms with Crippen LogP contribution in [0.15, 0.2) is 121 Å². The number of benzene rings is 5. The van der Waals surface area contributed by atoms with E-state index in [2.05, 4.69) is 57.7 Å². The van der Waals surface area contributed by atoms with Crippen LogP contribution >= 0.6 is 0 Å². The van der Waals surface area contributed by atoms with E-state index in [0.717, 1.165) is 60.6 Å². The molecule has 3 aromatic heterocycles. The van der Waals surface area contributed by atoms with E-state index < -0.39 is 0 Å². The van der Waals surface area contributed by atoms with E-state index in [4.69, 9.17) is 4.98 Å². The number of hydrogen-bond acceptors (Lipinski definition) is 4. The molecule has 0 aliphatic carbocycles. The fourth-order valence-corrected chi connectivity index (χ4v) is 6.24. The van der Waals surface area contributed by atoms with Crippen LogP contribution in [0.5, 0.6) is 0 Å². The Hall–Kier alpha value is -6.68. The first-order valence-electron chi connectivity index (χ1n) is 14.1. The Labute approximate surface area is 252 Å². The lowest BCUT2D eigenvalue weighted by Crippen LogP contribution is -2.04. The Bertz CT molecular complexity index is 2470. The molecule has 202 valence electrons. The molecule has 6 nitrogen and oxygen atoms in total. The van der Waals surface area contributed by atoms with Crippen LogP contribution in [0.2, 0.25) is 0 Å². The lowest BCUT2D eigenvalue weighted by Gasteiger charge is -2.15. The molecule has 6 heteroatoms. The Balaban J connectivity index is 1.51. The molecule has 0 radical (unpaired) electrons. The molecule has 0 aliphatic rings. The topological polar surface area (TPSA) is 94.1 Å². The molecule has 0 bridgehead atoms. The minimum atomic E-state index is 0.542. The molecule has 44 heavy (non-hydrogen) atoms. The van der Waals surface area contributed by atoms with Gasteiger partial charge in [0.2, 0.25) is 0 Å². The van der Waals surface area contributed by atoms with Crippen molar-refractivity contribution in [2.45, 2.75) is 0 Å². The van der Waals surface area contributed by atoms with Crippen LogP contribution in [-0.2, 0) is 0 Å². The number of fused-ring (bicyclic) bond motifs is 6. The lowest BCUT2D eigenvalue weighted by atomic mass is 10.0. The molecule has 0 N–H and O–H groups in total. The summed E-state index contributed by atoms with van der Waals surface area (Å²) in [6.45, 7) is 0. The molecule has 5 aromatic carbocycles. The van der Waals surface area contributed by atoms with Crippen LogP contribution in [0, 0.1) is 34.0 Å². The molecular formula is C38H20N6. The SMILES string of the molecule is N#Cc1cccc(-c2cc(-n3c4ccccc4c4ccccc43)nc(-n3c4ccc(C#N)cc4c4cc(C#N)ccc43)c2)c1. The minimum Gasteiger partial charge on any atom is -0.294 e. The molecular weight excluding hydrogens is 540 g/mol. The second-order valence-corrected chi connectivity index (χ2v) is 10.7. The largest absolute Gasteiger partial charge is 0.294 e. The van der Waals surface area contributed by atoms with Gasteiger partial charge in [0, 0.05) is 21.5 Å². The Kier molecular flexibility index (Phi) is 5.53. The van der Waals surface area contributed by atoms with E-state index in [1.165, 1.54) is 0 Å². The van der Waals surface area contributed by atoms with Gasteiger partial charge in [0.1, 0.15) is 11.6 Å². The van der Waals surface area contributed by atoms with Crippen molar-refractivity contribution in [2.24, 2.45) is 0 Å². The van der Waals surface area contributed by atoms with Gasteiger partial charge in [-0.15, -0.1) is 0 Å². The summed E-state index contributed by atoms with van der Waals surface area (Å²) in [5.41, 5.74) is 7.28. The fraction of sp³-hybridized carbons (Fsp3) is 0. The predicted octanol–water partition coefficient (Wildman–Crippen LogP) is 8.56. The van der Waals surface area contributed by atoms with Crippen LogP contribution in [0.3, 0.4) is 0 Å². The maximum Gasteiger partial charge on any atom is 0.140 e. The molecule has 0 unspecified atom stereocenters. The van der Waals surface area contributed by atoms with Crippen molar-refractivity contribution in [3.8, 4) is 41.0 Å². The maximum absolute atomic E-state index is 9.67. The number of pyridine rings is 1. The summed E-state index contributed by atoms with van der Waals surface area (Å²) in [5.74, 6) is 1.41. The van der Waals surface area contributed by atoms with Gasteiger partial charge >= 0.3 is 0 Å². The second-order valence-electron chi connectivity index (χ2n) is 10.7. The zero-order valence-electron chi connectivity index (χ0n) is 23.2. The zero-order valence-corrected chi connectivity index (χ0v) is 23.2. The van der Waals surface area contributed by atoms with Crippen molar-refractivity contribution < 1.29 is 0 Å². The Morgan fingerprint density at radius 1 is 0.409 bits per heavy atom. The van der Waals surface area contributed by atoms with Crippen LogP contribution in [0.4, 0.5) is 0 Å². The average molecular weight is 561 g/mol. The van der Waals surface area contributed by atoms with Gasteiger partial charge in [-0.2, -0.15) is 15.8 Å². The maximum atomic E-state index is 9.67. The first-order chi connectivity index (χ1) is 21.7. The summed E-state index contributed by atoms with van der Waals surface area (Å²) >= 11 is 0. The second kappa shape index (κ2) is 9.71. The van der Waals surface area contributed by atoms with E-state index >= 15 is 0 Å². The molecule has 0 aliphatic heterocycles. The summed E-state index contributed by atoms with van der Waals surface area (Å²) in [4.78, 5) is 5.30. The highest BCUT2D eigenvalue weighted by atomic mass is 15.1. The van der Waals surface area contributed by atoms with Crippen molar-refractivity contribution in [1.29, 1.82) is 15.8 Å². The normalized spacial score (nSPS) is 11.1. The van der Waals surface area contributed by atoms with Crippen LogP contribution < -0.4 is 0 Å². The van der Waals surface area contributed by atoms with Crippen LogP contribution in [0.25, 0.3) is 66.4 Å². The molecule has 0 atom stereocenters. The number of para-hydroxylation sites is 2. The number of hydrogen-bond donors (Lipinski definition) is 0. The third-order valence-corrected chi connectivity index (χ3v) is 8.18. The monoisotopic (exact) mass is 560 g/mol. The summed E-state index contributed by atoms with van der Waals surface area (Å²) in [7, 11) is 0. The van der Waals surface area contributed by atoms with Crippen LogP contribution in [-0.4, -0.2) is 14.1 Å². The van der Waals surface area contributed by atoms with Gasteiger partial charge in [-0.05, 0) is 83.9 Å². The third-order valence-electron chi connectivity index (χ3n) is 8.18. The molecule has 0 saturated heterocycles. The smallest absolute Gasteiger partial charge is 0.140 e. The van der Waals surface area contributed by atoms with Gasteiger partial charge < -0.3 is 0 Å². The highest BCUT2D eigenvalue weighted by Crippen LogP contribution is 2.37. The standard InChI is InChI=1S/C38H20N6/c39-21-24-6-5-7-27(16-24)28-19-37(43-33-10-3-1-8-29(33)30-9-2-4-11-34(30)43)42-38(20-28)44-35-14-12-25(22-40)17-31(35)32-18-26(23-41)13-15-36(32)44/h1-20H. The molecule has 8 aromatic rings. The number of rotatable bonds is 3. The zero-order chi connectivity index (χ0) is 29.8. The van der Waals surface area contributed by atoms with Crippen molar-refractivity contribution in [2.75, 3.05) is 0 Å². The summed E-state index contributed by atoms with van der Waals surface area (Å²) < 4.78 is 4.27. The quantitative estimate of drug-likeness (QED) is 0.216. The summed E-state index contributed by atoms with van der Waals surface area (Å²) in [5, 5.41) is 33.0. The van der Waals surface area contributed by atoms with Crippen molar-refractivity contribution in [1.82, 2.24) is 14.1 Å². The first kappa shape index (κ1) is 25.1. The number of nitriles is 3. The van der Waals surface area contributed by atoms with Crippen LogP contribution in [0.1, 0.15) is 16.7 Å². The van der Waals surface area contributed by atoms with Crippen molar-refractivity contribution >= 4 is 43.6 Å². The number of nitrogens with zero attached hydrogens (tertiary/aromatic N) is 6. The minimum absolute atomic E-state index is 0.542. The van der Waals surface area contributed by atoms with Gasteiger partial charge in [0.25, 0.3) is 0 Å². The highest BCUT2D eigenvalue weighted by molar-refractivity contribution is 6.11. The van der Waals surface area contributed by atoms with Gasteiger partial charge in [-0.3, -0.25) is 9.13 Å². The average Bonchev–Trinajstić information content (AvgIpc) is 3.60. The van der Waals surface area contributed by atoms with Gasteiger partial charge in [-0.25, -0.2) is 4.98 Å². The number of aromatic nitrogens is 3. The first-order valence-corrected chi connectivity index (χ1v) is 14.1. The third kappa shape index (κ3) is 3.75. The summed E-state index contributed by atoms with van der Waals surface area (Å²) in [6.07, 6.45) is 0. The molecule has 0 spiro atoms. The van der Waals surface area contributed by atoms with E-state index in [-0.39, 0.29) is 0 Å². The summed E-state index contributed by atoms with van der Waals surface area (Å²) in [6, 6.07) is 46.2. The molecule has 3 heterocycles. The molecule has 0 fully saturated rings. The van der Waals surface area contributed by atoms with E-state index in [1.54, 1.807) is 18.2 Å². The lowest BCUT2D eigenvalue weighted by molar-refractivity contribution is 1.01. The van der Waals surface area contributed by atoms with Crippen molar-refractivity contribution in [3.05, 3.63) is 138 Å². The fourth-order valence-electron chi connectivity index (χ4n) is 6.24. The molecule has 0 amide bonds. The van der Waals surface area contributed by atoms with Gasteiger partial charge in [-0.1, -0.05) is 48.5 Å². The Morgan fingerprint density at radius 3 is 1.41 bits per heavy atom. The van der Waals surface area contributed by atoms with Crippen molar-refractivity contribution in [3.63, 3.8) is 0 Å². The predicted molar refractivity (Wildman–Crippen MR) is 172 cm³/mol. The van der Waals surface area contributed by atoms with Gasteiger partial charge in [0.05, 0.1) is 57.0 Å². The highest BCUT2D eigenvalue weighted by Gasteiger charge is 2.19. The van der Waals surface area contributed by atoms with E-state index in [0.29, 0.717) is 22.5 Å². The van der Waals surface area contributed by atoms with E-state index in [1.807, 2.05) is 72.8 Å². The van der Waals surface area contributed by atoms with Gasteiger partial charge in [0.15, 0.2) is 0 Å². The molecule has 0 saturated carbocycles. The van der Waals surface area contributed by atoms with E-state index in [9.17, 15) is 15.8 Å². The molecule has 8 rings (SSSR count).